The molecule has 2 aromatic rings. The molecule has 0 spiro atoms. The van der Waals surface area contributed by atoms with Gasteiger partial charge in [0, 0.05) is 12.4 Å². The number of nitrogens with zero attached hydrogens (tertiary/aromatic N) is 1. The van der Waals surface area contributed by atoms with Crippen molar-refractivity contribution >= 4 is 12.4 Å². The largest absolute Gasteiger partial charge is 0.330 e. The van der Waals surface area contributed by atoms with E-state index in [4.69, 9.17) is 5.73 Å². The molecule has 1 aromatic carbocycles. The van der Waals surface area contributed by atoms with Gasteiger partial charge in [-0.1, -0.05) is 24.3 Å². The highest BCUT2D eigenvalue weighted by molar-refractivity contribution is 5.85. The van der Waals surface area contributed by atoms with Crippen LogP contribution in [0.15, 0.2) is 48.8 Å². The lowest BCUT2D eigenvalue weighted by atomic mass is 10.0. The Balaban J connectivity index is 0.00000120. The summed E-state index contributed by atoms with van der Waals surface area (Å²) < 4.78 is 0. The molecule has 2 nitrogen and oxygen atoms in total. The number of halogens is 1. The lowest BCUT2D eigenvalue weighted by molar-refractivity contribution is 0.810. The van der Waals surface area contributed by atoms with E-state index < -0.39 is 0 Å². The molecule has 2 atom stereocenters. The highest BCUT2D eigenvalue weighted by atomic mass is 35.5. The molecule has 1 aromatic heterocycles. The van der Waals surface area contributed by atoms with Crippen molar-refractivity contribution in [3.8, 4) is 11.1 Å². The molecule has 1 aliphatic rings. The quantitative estimate of drug-likeness (QED) is 0.920. The molecule has 1 fully saturated rings. The molecule has 0 aliphatic heterocycles. The van der Waals surface area contributed by atoms with E-state index in [2.05, 4.69) is 29.2 Å². The molecule has 3 heteroatoms. The summed E-state index contributed by atoms with van der Waals surface area (Å²) in [6.45, 7) is 0.816. The minimum Gasteiger partial charge on any atom is -0.330 e. The monoisotopic (exact) mass is 260 g/mol. The molecule has 94 valence electrons. The maximum Gasteiger partial charge on any atom is 0.0273 e. The molecular weight excluding hydrogens is 244 g/mol. The van der Waals surface area contributed by atoms with Crippen molar-refractivity contribution in [1.29, 1.82) is 0 Å². The Morgan fingerprint density at radius 1 is 1.00 bits per heavy atom. The summed E-state index contributed by atoms with van der Waals surface area (Å²) in [6, 6.07) is 12.9. The molecule has 0 amide bonds. The number of rotatable bonds is 3. The number of aromatic nitrogens is 1. The maximum absolute atomic E-state index is 5.68. The van der Waals surface area contributed by atoms with E-state index in [1.807, 2.05) is 24.5 Å². The van der Waals surface area contributed by atoms with E-state index in [9.17, 15) is 0 Å². The van der Waals surface area contributed by atoms with Crippen LogP contribution in [0.3, 0.4) is 0 Å². The zero-order valence-electron chi connectivity index (χ0n) is 10.1. The summed E-state index contributed by atoms with van der Waals surface area (Å²) in [7, 11) is 0. The van der Waals surface area contributed by atoms with Crippen molar-refractivity contribution in [2.24, 2.45) is 11.7 Å². The Labute approximate surface area is 114 Å². The van der Waals surface area contributed by atoms with Crippen LogP contribution in [0.1, 0.15) is 17.9 Å². The summed E-state index contributed by atoms with van der Waals surface area (Å²) in [5.41, 5.74) is 9.58. The molecule has 0 bridgehead atoms. The Morgan fingerprint density at radius 2 is 1.61 bits per heavy atom. The predicted molar refractivity (Wildman–Crippen MR) is 76.8 cm³/mol. The molecule has 0 saturated heterocycles. The first-order valence-corrected chi connectivity index (χ1v) is 6.09. The normalized spacial score (nSPS) is 21.2. The fourth-order valence-corrected chi connectivity index (χ4v) is 2.38. The standard InChI is InChI=1S/C15H16N2.ClH/c16-10-14-9-15(14)13-3-1-11(2-4-13)12-5-7-17-8-6-12;/h1-8,14-15H,9-10,16H2;1H. The average molecular weight is 261 g/mol. The van der Waals surface area contributed by atoms with Crippen LogP contribution in [0.4, 0.5) is 0 Å². The lowest BCUT2D eigenvalue weighted by Crippen LogP contribution is -2.01. The van der Waals surface area contributed by atoms with Crippen LogP contribution >= 0.6 is 12.4 Å². The van der Waals surface area contributed by atoms with Crippen LogP contribution in [0.2, 0.25) is 0 Å². The van der Waals surface area contributed by atoms with Gasteiger partial charge in [-0.05, 0) is 53.6 Å². The van der Waals surface area contributed by atoms with Crippen molar-refractivity contribution in [2.75, 3.05) is 6.54 Å². The van der Waals surface area contributed by atoms with Crippen LogP contribution < -0.4 is 5.73 Å². The van der Waals surface area contributed by atoms with Gasteiger partial charge in [-0.2, -0.15) is 0 Å². The Kier molecular flexibility index (Phi) is 4.00. The molecular formula is C15H17ClN2. The molecule has 2 unspecified atom stereocenters. The Bertz CT molecular complexity index is 496. The van der Waals surface area contributed by atoms with Gasteiger partial charge >= 0.3 is 0 Å². The summed E-state index contributed by atoms with van der Waals surface area (Å²) in [5, 5.41) is 0. The van der Waals surface area contributed by atoms with Gasteiger partial charge in [-0.25, -0.2) is 0 Å². The van der Waals surface area contributed by atoms with Crippen LogP contribution in [0.5, 0.6) is 0 Å². The summed E-state index contributed by atoms with van der Waals surface area (Å²) in [6.07, 6.45) is 4.91. The average Bonchev–Trinajstić information content (AvgIpc) is 3.19. The zero-order chi connectivity index (χ0) is 11.7. The first-order chi connectivity index (χ1) is 8.38. The van der Waals surface area contributed by atoms with E-state index in [1.54, 1.807) is 0 Å². The molecule has 1 saturated carbocycles. The second kappa shape index (κ2) is 5.51. The van der Waals surface area contributed by atoms with E-state index in [-0.39, 0.29) is 12.4 Å². The van der Waals surface area contributed by atoms with Gasteiger partial charge in [-0.15, -0.1) is 12.4 Å². The third kappa shape index (κ3) is 2.55. The van der Waals surface area contributed by atoms with Crippen LogP contribution in [-0.4, -0.2) is 11.5 Å². The van der Waals surface area contributed by atoms with Gasteiger partial charge < -0.3 is 5.73 Å². The number of hydrogen-bond acceptors (Lipinski definition) is 2. The van der Waals surface area contributed by atoms with Gasteiger partial charge in [0.05, 0.1) is 0 Å². The third-order valence-electron chi connectivity index (χ3n) is 3.58. The first kappa shape index (κ1) is 13.1. The first-order valence-electron chi connectivity index (χ1n) is 6.09. The Morgan fingerprint density at radius 3 is 2.17 bits per heavy atom. The second-order valence-electron chi connectivity index (χ2n) is 4.70. The number of benzene rings is 1. The summed E-state index contributed by atoms with van der Waals surface area (Å²) in [4.78, 5) is 4.03. The van der Waals surface area contributed by atoms with Crippen molar-refractivity contribution in [3.05, 3.63) is 54.4 Å². The summed E-state index contributed by atoms with van der Waals surface area (Å²) >= 11 is 0. The van der Waals surface area contributed by atoms with Gasteiger partial charge in [-0.3, -0.25) is 4.98 Å². The van der Waals surface area contributed by atoms with Crippen LogP contribution in [0, 0.1) is 5.92 Å². The fraction of sp³-hybridized carbons (Fsp3) is 0.267. The van der Waals surface area contributed by atoms with E-state index in [0.717, 1.165) is 6.54 Å². The highest BCUT2D eigenvalue weighted by Gasteiger charge is 2.36. The maximum atomic E-state index is 5.68. The van der Waals surface area contributed by atoms with Gasteiger partial charge in [0.15, 0.2) is 0 Å². The molecule has 1 heterocycles. The van der Waals surface area contributed by atoms with Crippen molar-refractivity contribution in [1.82, 2.24) is 4.98 Å². The number of pyridine rings is 1. The molecule has 1 aliphatic carbocycles. The molecule has 3 rings (SSSR count). The topological polar surface area (TPSA) is 38.9 Å². The Hall–Kier alpha value is -1.38. The van der Waals surface area contributed by atoms with Crippen molar-refractivity contribution in [3.63, 3.8) is 0 Å². The smallest absolute Gasteiger partial charge is 0.0273 e. The zero-order valence-corrected chi connectivity index (χ0v) is 10.9. The van der Waals surface area contributed by atoms with Crippen molar-refractivity contribution in [2.45, 2.75) is 12.3 Å². The minimum atomic E-state index is 0. The molecule has 2 N–H and O–H groups in total. The van der Waals surface area contributed by atoms with E-state index >= 15 is 0 Å². The van der Waals surface area contributed by atoms with E-state index in [1.165, 1.54) is 23.1 Å². The third-order valence-corrected chi connectivity index (χ3v) is 3.58. The number of hydrogen-bond donors (Lipinski definition) is 1. The fourth-order valence-electron chi connectivity index (χ4n) is 2.38. The molecule has 0 radical (unpaired) electrons. The van der Waals surface area contributed by atoms with E-state index in [0.29, 0.717) is 11.8 Å². The molecule has 18 heavy (non-hydrogen) atoms. The SMILES string of the molecule is Cl.NCC1CC1c1ccc(-c2ccncc2)cc1. The summed E-state index contributed by atoms with van der Waals surface area (Å²) in [5.74, 6) is 1.41. The van der Waals surface area contributed by atoms with Gasteiger partial charge in [0.2, 0.25) is 0 Å². The predicted octanol–water partition coefficient (Wildman–Crippen LogP) is 3.23. The number of nitrogens with two attached hydrogens (primary N) is 1. The van der Waals surface area contributed by atoms with Crippen molar-refractivity contribution < 1.29 is 0 Å². The van der Waals surface area contributed by atoms with Crippen LogP contribution in [-0.2, 0) is 0 Å². The van der Waals surface area contributed by atoms with Gasteiger partial charge in [0.25, 0.3) is 0 Å². The highest BCUT2D eigenvalue weighted by Crippen LogP contribution is 2.46. The van der Waals surface area contributed by atoms with Gasteiger partial charge in [0.1, 0.15) is 0 Å². The lowest BCUT2D eigenvalue weighted by Gasteiger charge is -2.03. The second-order valence-corrected chi connectivity index (χ2v) is 4.70. The minimum absolute atomic E-state index is 0. The van der Waals surface area contributed by atoms with Crippen LogP contribution in [0.25, 0.3) is 11.1 Å².